The van der Waals surface area contributed by atoms with Gasteiger partial charge in [-0.3, -0.25) is 9.28 Å². The van der Waals surface area contributed by atoms with Gasteiger partial charge in [-0.05, 0) is 33.1 Å². The molecule has 0 radical (unpaired) electrons. The highest BCUT2D eigenvalue weighted by Gasteiger charge is 2.37. The summed E-state index contributed by atoms with van der Waals surface area (Å²) in [4.78, 5) is 16.0. The van der Waals surface area contributed by atoms with Gasteiger partial charge in [-0.1, -0.05) is 95.6 Å². The number of allylic oxidation sites excluding steroid dienone is 2. The number of carbonyl (C=O) groups is 1. The maximum Gasteiger partial charge on any atom is 0.217 e. The molecule has 0 aromatic heterocycles. The van der Waals surface area contributed by atoms with Crippen molar-refractivity contribution < 1.29 is 9.28 Å². The zero-order chi connectivity index (χ0) is 24.0. The number of quaternary nitrogens is 1. The summed E-state index contributed by atoms with van der Waals surface area (Å²) in [5, 5.41) is 2.97. The standard InChI is InChI=1S/C29H55N3O/c1-4-6-7-8-9-10-11-12-13-14-15-16-17-18-19-20-21-22-23-29-31-25-27-32(29,5-2)26-24-30-28(3)33/h4,6,25,29H,5,7-24,26-27H2,1-3H3/p+1/b6-4+. The molecule has 1 heterocycles. The molecule has 33 heavy (non-hydrogen) atoms. The van der Waals surface area contributed by atoms with E-state index in [0.717, 1.165) is 30.7 Å². The van der Waals surface area contributed by atoms with E-state index in [4.69, 9.17) is 4.99 Å². The van der Waals surface area contributed by atoms with Gasteiger partial charge in [-0.15, -0.1) is 0 Å². The smallest absolute Gasteiger partial charge is 0.217 e. The lowest BCUT2D eigenvalue weighted by atomic mass is 10.0. The van der Waals surface area contributed by atoms with Crippen molar-refractivity contribution in [3.8, 4) is 0 Å². The predicted molar refractivity (Wildman–Crippen MR) is 145 cm³/mol. The van der Waals surface area contributed by atoms with Crippen LogP contribution < -0.4 is 5.32 Å². The van der Waals surface area contributed by atoms with Crippen molar-refractivity contribution in [1.82, 2.24) is 5.32 Å². The fourth-order valence-corrected chi connectivity index (χ4v) is 5.19. The highest BCUT2D eigenvalue weighted by Crippen LogP contribution is 2.24. The van der Waals surface area contributed by atoms with Crippen LogP contribution in [-0.2, 0) is 4.79 Å². The van der Waals surface area contributed by atoms with Crippen LogP contribution in [0, 0.1) is 0 Å². The van der Waals surface area contributed by atoms with Gasteiger partial charge in [0.15, 0.2) is 6.17 Å². The minimum atomic E-state index is 0.0719. The van der Waals surface area contributed by atoms with Crippen LogP contribution in [0.1, 0.15) is 130 Å². The Morgan fingerprint density at radius 3 is 1.91 bits per heavy atom. The molecule has 0 fully saturated rings. The molecule has 0 aliphatic carbocycles. The van der Waals surface area contributed by atoms with Crippen LogP contribution in [0.5, 0.6) is 0 Å². The highest BCUT2D eigenvalue weighted by molar-refractivity contribution is 5.72. The summed E-state index contributed by atoms with van der Waals surface area (Å²) >= 11 is 0. The molecule has 0 saturated carbocycles. The predicted octanol–water partition coefficient (Wildman–Crippen LogP) is 7.58. The van der Waals surface area contributed by atoms with E-state index in [-0.39, 0.29) is 5.91 Å². The van der Waals surface area contributed by atoms with Crippen LogP contribution in [0.4, 0.5) is 0 Å². The van der Waals surface area contributed by atoms with Crippen LogP contribution in [0.25, 0.3) is 0 Å². The van der Waals surface area contributed by atoms with Gasteiger partial charge in [0.1, 0.15) is 6.54 Å². The first-order valence-electron chi connectivity index (χ1n) is 14.4. The van der Waals surface area contributed by atoms with E-state index in [2.05, 4.69) is 37.5 Å². The molecule has 4 nitrogen and oxygen atoms in total. The van der Waals surface area contributed by atoms with Crippen molar-refractivity contribution >= 4 is 12.1 Å². The van der Waals surface area contributed by atoms with E-state index < -0.39 is 0 Å². The van der Waals surface area contributed by atoms with Crippen molar-refractivity contribution in [3.05, 3.63) is 12.2 Å². The van der Waals surface area contributed by atoms with Crippen LogP contribution >= 0.6 is 0 Å². The first kappa shape index (κ1) is 29.9. The van der Waals surface area contributed by atoms with Crippen molar-refractivity contribution in [2.75, 3.05) is 26.2 Å². The van der Waals surface area contributed by atoms with Gasteiger partial charge in [0, 0.05) is 13.3 Å². The molecule has 0 saturated heterocycles. The summed E-state index contributed by atoms with van der Waals surface area (Å²) in [5.41, 5.74) is 0. The monoisotopic (exact) mass is 462 g/mol. The summed E-state index contributed by atoms with van der Waals surface area (Å²) < 4.78 is 1.02. The first-order valence-corrected chi connectivity index (χ1v) is 14.4. The molecule has 2 unspecified atom stereocenters. The maximum atomic E-state index is 11.2. The maximum absolute atomic E-state index is 11.2. The van der Waals surface area contributed by atoms with E-state index >= 15 is 0 Å². The van der Waals surface area contributed by atoms with Gasteiger partial charge in [-0.25, -0.2) is 4.99 Å². The SMILES string of the molecule is C/C=C/CCCCCCCCCCCCCCCCCC1N=CC[N+]1(CC)CCNC(C)=O. The van der Waals surface area contributed by atoms with E-state index in [0.29, 0.717) is 6.17 Å². The second-order valence-corrected chi connectivity index (χ2v) is 10.2. The lowest BCUT2D eigenvalue weighted by molar-refractivity contribution is -0.935. The second-order valence-electron chi connectivity index (χ2n) is 10.2. The Morgan fingerprint density at radius 1 is 0.909 bits per heavy atom. The van der Waals surface area contributed by atoms with Crippen molar-refractivity contribution in [1.29, 1.82) is 0 Å². The van der Waals surface area contributed by atoms with Crippen LogP contribution in [0.15, 0.2) is 17.1 Å². The minimum absolute atomic E-state index is 0.0719. The Hall–Kier alpha value is -1.16. The quantitative estimate of drug-likeness (QED) is 0.101. The summed E-state index contributed by atoms with van der Waals surface area (Å²) in [6.07, 6.45) is 30.6. The molecule has 0 aromatic carbocycles. The molecule has 0 bridgehead atoms. The van der Waals surface area contributed by atoms with Crippen LogP contribution in [0.3, 0.4) is 0 Å². The Morgan fingerprint density at radius 2 is 1.42 bits per heavy atom. The van der Waals surface area contributed by atoms with E-state index in [1.807, 2.05) is 0 Å². The zero-order valence-electron chi connectivity index (χ0n) is 22.5. The topological polar surface area (TPSA) is 41.5 Å². The lowest BCUT2D eigenvalue weighted by Crippen LogP contribution is -2.55. The number of hydrogen-bond donors (Lipinski definition) is 1. The molecule has 2 atom stereocenters. The van der Waals surface area contributed by atoms with Gasteiger partial charge in [0.05, 0.1) is 25.8 Å². The number of rotatable bonds is 22. The van der Waals surface area contributed by atoms with Crippen LogP contribution in [-0.4, -0.2) is 48.9 Å². The molecular formula is C29H56N3O+. The molecular weight excluding hydrogens is 406 g/mol. The fraction of sp³-hybridized carbons (Fsp3) is 0.862. The third kappa shape index (κ3) is 14.7. The molecule has 1 aliphatic rings. The summed E-state index contributed by atoms with van der Waals surface area (Å²) in [5.74, 6) is 0.0719. The van der Waals surface area contributed by atoms with Crippen molar-refractivity contribution in [2.45, 2.75) is 136 Å². The molecule has 0 aromatic rings. The lowest BCUT2D eigenvalue weighted by Gasteiger charge is -2.38. The van der Waals surface area contributed by atoms with Gasteiger partial charge >= 0.3 is 0 Å². The van der Waals surface area contributed by atoms with E-state index in [1.54, 1.807) is 6.92 Å². The first-order chi connectivity index (χ1) is 16.1. The summed E-state index contributed by atoms with van der Waals surface area (Å²) in [7, 11) is 0. The third-order valence-corrected chi connectivity index (χ3v) is 7.48. The Kier molecular flexibility index (Phi) is 18.3. The number of nitrogens with one attached hydrogen (secondary N) is 1. The van der Waals surface area contributed by atoms with E-state index in [9.17, 15) is 4.79 Å². The number of hydrogen-bond acceptors (Lipinski definition) is 2. The molecule has 1 aliphatic heterocycles. The van der Waals surface area contributed by atoms with Crippen molar-refractivity contribution in [3.63, 3.8) is 0 Å². The minimum Gasteiger partial charge on any atom is -0.351 e. The summed E-state index contributed by atoms with van der Waals surface area (Å²) in [6, 6.07) is 0. The molecule has 4 heteroatoms. The summed E-state index contributed by atoms with van der Waals surface area (Å²) in [6.45, 7) is 9.87. The molecule has 192 valence electrons. The van der Waals surface area contributed by atoms with Gasteiger partial charge in [0.2, 0.25) is 5.91 Å². The Labute approximate surface area is 206 Å². The van der Waals surface area contributed by atoms with Gasteiger partial charge < -0.3 is 5.32 Å². The highest BCUT2D eigenvalue weighted by atomic mass is 16.1. The Bertz CT molecular complexity index is 531. The second kappa shape index (κ2) is 20.2. The van der Waals surface area contributed by atoms with Crippen molar-refractivity contribution in [2.24, 2.45) is 4.99 Å². The molecule has 1 N–H and O–H groups in total. The zero-order valence-corrected chi connectivity index (χ0v) is 22.5. The average Bonchev–Trinajstić information content (AvgIpc) is 3.21. The number of aliphatic imine (C=N–C) groups is 1. The Balaban J connectivity index is 1.90. The average molecular weight is 463 g/mol. The fourth-order valence-electron chi connectivity index (χ4n) is 5.19. The largest absolute Gasteiger partial charge is 0.351 e. The van der Waals surface area contributed by atoms with Gasteiger partial charge in [-0.2, -0.15) is 0 Å². The van der Waals surface area contributed by atoms with E-state index in [1.165, 1.54) is 109 Å². The number of likely N-dealkylation sites (N-methyl/N-ethyl adjacent to an activating group) is 1. The normalized spacial score (nSPS) is 20.2. The number of amides is 1. The number of nitrogens with zero attached hydrogens (tertiary/aromatic N) is 2. The van der Waals surface area contributed by atoms with Crippen LogP contribution in [0.2, 0.25) is 0 Å². The third-order valence-electron chi connectivity index (χ3n) is 7.48. The molecule has 1 rings (SSSR count). The van der Waals surface area contributed by atoms with Gasteiger partial charge in [0.25, 0.3) is 0 Å². The number of unbranched alkanes of at least 4 members (excludes halogenated alkanes) is 15. The molecule has 0 spiro atoms. The number of carbonyl (C=O) groups excluding carboxylic acids is 1. The molecule has 1 amide bonds.